The maximum absolute atomic E-state index is 13.5. The minimum absolute atomic E-state index is 0.0135. The fourth-order valence-corrected chi connectivity index (χ4v) is 2.49. The molecule has 2 aromatic rings. The third kappa shape index (κ3) is 5.39. The van der Waals surface area contributed by atoms with Gasteiger partial charge in [0.25, 0.3) is 5.91 Å². The van der Waals surface area contributed by atoms with E-state index in [-0.39, 0.29) is 29.8 Å². The van der Waals surface area contributed by atoms with E-state index in [1.165, 1.54) is 18.2 Å². The third-order valence-electron chi connectivity index (χ3n) is 4.40. The molecule has 0 heterocycles. The molecule has 146 valence electrons. The van der Waals surface area contributed by atoms with Gasteiger partial charge in [-0.15, -0.1) is 0 Å². The van der Waals surface area contributed by atoms with E-state index >= 15 is 0 Å². The first-order valence-electron chi connectivity index (χ1n) is 9.02. The van der Waals surface area contributed by atoms with Crippen molar-refractivity contribution in [2.45, 2.75) is 26.3 Å². The number of esters is 1. The number of rotatable bonds is 7. The van der Waals surface area contributed by atoms with Crippen LogP contribution >= 0.6 is 0 Å². The van der Waals surface area contributed by atoms with Gasteiger partial charge in [0.15, 0.2) is 6.61 Å². The normalized spacial score (nSPS) is 12.9. The van der Waals surface area contributed by atoms with Gasteiger partial charge in [0.05, 0.1) is 5.56 Å². The van der Waals surface area contributed by atoms with Gasteiger partial charge >= 0.3 is 5.97 Å². The van der Waals surface area contributed by atoms with Gasteiger partial charge in [-0.1, -0.05) is 12.1 Å². The zero-order chi connectivity index (χ0) is 20.1. The minimum atomic E-state index is -0.642. The Balaban J connectivity index is 1.43. The average Bonchev–Trinajstić information content (AvgIpc) is 3.53. The molecule has 2 N–H and O–H groups in total. The Labute approximate surface area is 162 Å². The van der Waals surface area contributed by atoms with Gasteiger partial charge < -0.3 is 15.4 Å². The largest absolute Gasteiger partial charge is 0.452 e. The van der Waals surface area contributed by atoms with E-state index in [1.54, 1.807) is 31.2 Å². The molecule has 1 aliphatic carbocycles. The maximum Gasteiger partial charge on any atom is 0.338 e. The smallest absolute Gasteiger partial charge is 0.338 e. The Morgan fingerprint density at radius 2 is 1.82 bits per heavy atom. The van der Waals surface area contributed by atoms with Gasteiger partial charge in [-0.3, -0.25) is 9.59 Å². The number of hydrogen-bond acceptors (Lipinski definition) is 4. The molecular formula is C21H21FN2O4. The monoisotopic (exact) mass is 384 g/mol. The summed E-state index contributed by atoms with van der Waals surface area (Å²) in [6.07, 6.45) is 1.83. The van der Waals surface area contributed by atoms with Crippen LogP contribution in [0.4, 0.5) is 10.1 Å². The van der Waals surface area contributed by atoms with Crippen molar-refractivity contribution in [3.05, 3.63) is 65.0 Å². The molecule has 0 saturated heterocycles. The van der Waals surface area contributed by atoms with E-state index < -0.39 is 18.5 Å². The molecule has 0 spiro atoms. The first kappa shape index (κ1) is 19.5. The number of halogens is 1. The lowest BCUT2D eigenvalue weighted by Crippen LogP contribution is -2.28. The molecule has 0 atom stereocenters. The second-order valence-corrected chi connectivity index (χ2v) is 6.78. The van der Waals surface area contributed by atoms with Crippen LogP contribution in [0.15, 0.2) is 42.5 Å². The fraction of sp³-hybridized carbons (Fsp3) is 0.286. The van der Waals surface area contributed by atoms with Gasteiger partial charge in [-0.05, 0) is 61.2 Å². The molecule has 1 fully saturated rings. The van der Waals surface area contributed by atoms with Crippen LogP contribution in [0.1, 0.15) is 34.3 Å². The molecule has 7 heteroatoms. The summed E-state index contributed by atoms with van der Waals surface area (Å²) in [5.74, 6) is -1.38. The summed E-state index contributed by atoms with van der Waals surface area (Å²) >= 11 is 0. The molecule has 2 aromatic carbocycles. The van der Waals surface area contributed by atoms with Crippen molar-refractivity contribution < 1.29 is 23.5 Å². The second kappa shape index (κ2) is 8.65. The molecule has 0 radical (unpaired) electrons. The summed E-state index contributed by atoms with van der Waals surface area (Å²) in [6.45, 7) is 1.36. The van der Waals surface area contributed by atoms with E-state index in [1.807, 2.05) is 0 Å². The summed E-state index contributed by atoms with van der Waals surface area (Å²) in [5.41, 5.74) is 2.03. The predicted molar refractivity (Wildman–Crippen MR) is 101 cm³/mol. The Bertz CT molecular complexity index is 892. The van der Waals surface area contributed by atoms with Gasteiger partial charge in [-0.2, -0.15) is 0 Å². The van der Waals surface area contributed by atoms with Gasteiger partial charge in [0.1, 0.15) is 5.82 Å². The quantitative estimate of drug-likeness (QED) is 0.719. The number of carbonyl (C=O) groups is 3. The summed E-state index contributed by atoms with van der Waals surface area (Å²) in [4.78, 5) is 35.5. The van der Waals surface area contributed by atoms with Crippen LogP contribution in [-0.2, 0) is 20.9 Å². The number of aryl methyl sites for hydroxylation is 1. The Morgan fingerprint density at radius 1 is 1.11 bits per heavy atom. The summed E-state index contributed by atoms with van der Waals surface area (Å²) in [5, 5.41) is 5.35. The number of anilines is 1. The van der Waals surface area contributed by atoms with Crippen LogP contribution in [0, 0.1) is 18.7 Å². The third-order valence-corrected chi connectivity index (χ3v) is 4.40. The van der Waals surface area contributed by atoms with Crippen LogP contribution in [0.5, 0.6) is 0 Å². The topological polar surface area (TPSA) is 84.5 Å². The molecule has 28 heavy (non-hydrogen) atoms. The highest BCUT2D eigenvalue weighted by molar-refractivity contribution is 5.95. The lowest BCUT2D eigenvalue weighted by atomic mass is 10.1. The number of benzene rings is 2. The highest BCUT2D eigenvalue weighted by atomic mass is 19.1. The number of ether oxygens (including phenoxy) is 1. The van der Waals surface area contributed by atoms with Crippen molar-refractivity contribution in [3.63, 3.8) is 0 Å². The molecule has 6 nitrogen and oxygen atoms in total. The Kier molecular flexibility index (Phi) is 6.03. The van der Waals surface area contributed by atoms with E-state index in [4.69, 9.17) is 4.74 Å². The summed E-state index contributed by atoms with van der Waals surface area (Å²) in [6, 6.07) is 11.0. The number of carbonyl (C=O) groups excluding carboxylic acids is 3. The van der Waals surface area contributed by atoms with Crippen LogP contribution in [0.2, 0.25) is 0 Å². The Morgan fingerprint density at radius 3 is 2.46 bits per heavy atom. The molecular weight excluding hydrogens is 363 g/mol. The van der Waals surface area contributed by atoms with Crippen molar-refractivity contribution in [1.82, 2.24) is 5.32 Å². The zero-order valence-electron chi connectivity index (χ0n) is 15.5. The van der Waals surface area contributed by atoms with E-state index in [0.29, 0.717) is 16.8 Å². The highest BCUT2D eigenvalue weighted by Crippen LogP contribution is 2.30. The molecule has 1 aliphatic rings. The summed E-state index contributed by atoms with van der Waals surface area (Å²) < 4.78 is 18.5. The van der Waals surface area contributed by atoms with Crippen molar-refractivity contribution in [2.75, 3.05) is 11.9 Å². The number of amides is 2. The van der Waals surface area contributed by atoms with E-state index in [9.17, 15) is 18.8 Å². The minimum Gasteiger partial charge on any atom is -0.452 e. The average molecular weight is 384 g/mol. The first-order chi connectivity index (χ1) is 13.4. The molecule has 0 bridgehead atoms. The first-order valence-corrected chi connectivity index (χ1v) is 9.02. The lowest BCUT2D eigenvalue weighted by molar-refractivity contribution is -0.124. The van der Waals surface area contributed by atoms with Crippen molar-refractivity contribution in [1.29, 1.82) is 0 Å². The number of nitrogens with one attached hydrogen (secondary N) is 2. The molecule has 2 amide bonds. The van der Waals surface area contributed by atoms with Gasteiger partial charge in [0.2, 0.25) is 5.91 Å². The van der Waals surface area contributed by atoms with Crippen LogP contribution in [0.25, 0.3) is 0 Å². The zero-order valence-corrected chi connectivity index (χ0v) is 15.5. The van der Waals surface area contributed by atoms with Gasteiger partial charge in [-0.25, -0.2) is 9.18 Å². The molecule has 0 aromatic heterocycles. The van der Waals surface area contributed by atoms with Crippen molar-refractivity contribution >= 4 is 23.5 Å². The molecule has 0 unspecified atom stereocenters. The second-order valence-electron chi connectivity index (χ2n) is 6.78. The highest BCUT2D eigenvalue weighted by Gasteiger charge is 2.29. The van der Waals surface area contributed by atoms with E-state index in [0.717, 1.165) is 12.8 Å². The fourth-order valence-electron chi connectivity index (χ4n) is 2.49. The standard InChI is InChI=1S/C21H21FN2O4/c1-13-2-3-14(10-18(13)22)11-23-19(25)12-28-21(27)16-6-8-17(9-7-16)24-20(26)15-4-5-15/h2-3,6-10,15H,4-5,11-12H2,1H3,(H,23,25)(H,24,26). The lowest BCUT2D eigenvalue weighted by Gasteiger charge is -2.08. The maximum atomic E-state index is 13.5. The van der Waals surface area contributed by atoms with E-state index in [2.05, 4.69) is 10.6 Å². The summed E-state index contributed by atoms with van der Waals surface area (Å²) in [7, 11) is 0. The van der Waals surface area contributed by atoms with Crippen LogP contribution in [-0.4, -0.2) is 24.4 Å². The molecule has 0 aliphatic heterocycles. The van der Waals surface area contributed by atoms with Crippen LogP contribution in [0.3, 0.4) is 0 Å². The molecule has 3 rings (SSSR count). The van der Waals surface area contributed by atoms with Crippen molar-refractivity contribution in [2.24, 2.45) is 5.92 Å². The molecule has 1 saturated carbocycles. The predicted octanol–water partition coefficient (Wildman–Crippen LogP) is 2.96. The van der Waals surface area contributed by atoms with Gasteiger partial charge in [0, 0.05) is 18.2 Å². The Hall–Kier alpha value is -3.22. The van der Waals surface area contributed by atoms with Crippen LogP contribution < -0.4 is 10.6 Å². The van der Waals surface area contributed by atoms with Crippen molar-refractivity contribution in [3.8, 4) is 0 Å². The SMILES string of the molecule is Cc1ccc(CNC(=O)COC(=O)c2ccc(NC(=O)C3CC3)cc2)cc1F. The number of hydrogen-bond donors (Lipinski definition) is 2.